The molecule has 0 amide bonds. The van der Waals surface area contributed by atoms with Crippen molar-refractivity contribution in [3.8, 4) is 0 Å². The molecule has 2 heterocycles. The number of rotatable bonds is 5. The van der Waals surface area contributed by atoms with Gasteiger partial charge in [0.25, 0.3) is 0 Å². The average Bonchev–Trinajstić information content (AvgIpc) is 2.59. The number of hydrogen-bond donors (Lipinski definition) is 1. The Morgan fingerprint density at radius 1 is 1.18 bits per heavy atom. The zero-order valence-corrected chi connectivity index (χ0v) is 13.4. The van der Waals surface area contributed by atoms with Crippen LogP contribution in [0.4, 0.5) is 5.82 Å². The van der Waals surface area contributed by atoms with Crippen LogP contribution in [0.1, 0.15) is 12.6 Å². The third-order valence-electron chi connectivity index (χ3n) is 4.29. The molecule has 0 radical (unpaired) electrons. The smallest absolute Gasteiger partial charge is 0.136 e. The maximum absolute atomic E-state index is 4.96. The first-order chi connectivity index (χ1) is 10.8. The molecule has 1 aromatic heterocycles. The van der Waals surface area contributed by atoms with Crippen LogP contribution < -0.4 is 10.4 Å². The van der Waals surface area contributed by atoms with Crippen LogP contribution in [0.15, 0.2) is 30.3 Å². The van der Waals surface area contributed by atoms with Crippen molar-refractivity contribution in [1.29, 1.82) is 0 Å². The summed E-state index contributed by atoms with van der Waals surface area (Å²) in [7, 11) is 1.63. The SMILES string of the molecule is CCN1CCN(c2nc(CNOC)cc3ccccc23)CC1. The van der Waals surface area contributed by atoms with Gasteiger partial charge in [-0.25, -0.2) is 4.98 Å². The Balaban J connectivity index is 1.92. The summed E-state index contributed by atoms with van der Waals surface area (Å²) in [4.78, 5) is 14.7. The van der Waals surface area contributed by atoms with E-state index < -0.39 is 0 Å². The highest BCUT2D eigenvalue weighted by atomic mass is 16.6. The largest absolute Gasteiger partial charge is 0.354 e. The third-order valence-corrected chi connectivity index (χ3v) is 4.29. The molecular weight excluding hydrogens is 276 g/mol. The molecule has 1 N–H and O–H groups in total. The number of benzene rings is 1. The van der Waals surface area contributed by atoms with Crippen LogP contribution in [0, 0.1) is 0 Å². The summed E-state index contributed by atoms with van der Waals surface area (Å²) >= 11 is 0. The summed E-state index contributed by atoms with van der Waals surface area (Å²) in [5.74, 6) is 1.10. The maximum Gasteiger partial charge on any atom is 0.136 e. The van der Waals surface area contributed by atoms with Crippen LogP contribution in [0.5, 0.6) is 0 Å². The quantitative estimate of drug-likeness (QED) is 0.856. The van der Waals surface area contributed by atoms with Gasteiger partial charge in [-0.05, 0) is 18.0 Å². The van der Waals surface area contributed by atoms with E-state index in [0.717, 1.165) is 44.2 Å². The highest BCUT2D eigenvalue weighted by molar-refractivity contribution is 5.92. The van der Waals surface area contributed by atoms with E-state index >= 15 is 0 Å². The van der Waals surface area contributed by atoms with E-state index in [-0.39, 0.29) is 0 Å². The number of aromatic nitrogens is 1. The molecule has 1 saturated heterocycles. The molecule has 0 aliphatic carbocycles. The number of nitrogens with zero attached hydrogens (tertiary/aromatic N) is 3. The molecule has 3 rings (SSSR count). The predicted octanol–water partition coefficient (Wildman–Crippen LogP) is 2.03. The van der Waals surface area contributed by atoms with Crippen LogP contribution >= 0.6 is 0 Å². The summed E-state index contributed by atoms with van der Waals surface area (Å²) in [6.07, 6.45) is 0. The Kier molecular flexibility index (Phi) is 4.87. The van der Waals surface area contributed by atoms with Crippen LogP contribution in [0.25, 0.3) is 10.8 Å². The van der Waals surface area contributed by atoms with Gasteiger partial charge in [-0.3, -0.25) is 0 Å². The van der Waals surface area contributed by atoms with Crippen LogP contribution in [0.2, 0.25) is 0 Å². The number of anilines is 1. The number of fused-ring (bicyclic) bond motifs is 1. The fourth-order valence-electron chi connectivity index (χ4n) is 2.99. The Hall–Kier alpha value is -1.69. The second kappa shape index (κ2) is 7.05. The van der Waals surface area contributed by atoms with E-state index in [1.54, 1.807) is 7.11 Å². The topological polar surface area (TPSA) is 40.6 Å². The lowest BCUT2D eigenvalue weighted by Crippen LogP contribution is -2.46. The van der Waals surface area contributed by atoms with Gasteiger partial charge in [0.2, 0.25) is 0 Å². The van der Waals surface area contributed by atoms with E-state index in [0.29, 0.717) is 6.54 Å². The normalized spacial score (nSPS) is 16.4. The van der Waals surface area contributed by atoms with Crippen LogP contribution in [0.3, 0.4) is 0 Å². The molecule has 118 valence electrons. The molecule has 0 bridgehead atoms. The predicted molar refractivity (Wildman–Crippen MR) is 89.9 cm³/mol. The van der Waals surface area contributed by atoms with Crippen LogP contribution in [-0.4, -0.2) is 49.7 Å². The van der Waals surface area contributed by atoms with Gasteiger partial charge >= 0.3 is 0 Å². The van der Waals surface area contributed by atoms with Crippen LogP contribution in [-0.2, 0) is 11.4 Å². The standard InChI is InChI=1S/C17H24N4O/c1-3-20-8-10-21(11-9-20)17-16-7-5-4-6-14(16)12-15(19-17)13-18-22-2/h4-7,12,18H,3,8-11,13H2,1-2H3. The van der Waals surface area contributed by atoms with Crippen molar-refractivity contribution >= 4 is 16.6 Å². The molecule has 0 saturated carbocycles. The minimum Gasteiger partial charge on any atom is -0.354 e. The highest BCUT2D eigenvalue weighted by Crippen LogP contribution is 2.26. The minimum atomic E-state index is 0.614. The lowest BCUT2D eigenvalue weighted by atomic mass is 10.1. The van der Waals surface area contributed by atoms with Crippen molar-refractivity contribution in [2.24, 2.45) is 0 Å². The number of likely N-dealkylation sites (N-methyl/N-ethyl adjacent to an activating group) is 1. The number of hydroxylamine groups is 1. The van der Waals surface area contributed by atoms with Crippen molar-refractivity contribution in [2.45, 2.75) is 13.5 Å². The monoisotopic (exact) mass is 300 g/mol. The van der Waals surface area contributed by atoms with E-state index in [2.05, 4.69) is 52.5 Å². The molecule has 1 aliphatic heterocycles. The molecule has 1 fully saturated rings. The Morgan fingerprint density at radius 2 is 1.95 bits per heavy atom. The molecule has 22 heavy (non-hydrogen) atoms. The molecule has 2 aromatic rings. The Labute approximate surface area is 131 Å². The van der Waals surface area contributed by atoms with Gasteiger partial charge in [-0.2, -0.15) is 5.48 Å². The van der Waals surface area contributed by atoms with E-state index in [9.17, 15) is 0 Å². The van der Waals surface area contributed by atoms with Gasteiger partial charge in [-0.1, -0.05) is 31.2 Å². The van der Waals surface area contributed by atoms with E-state index in [1.165, 1.54) is 10.8 Å². The highest BCUT2D eigenvalue weighted by Gasteiger charge is 2.19. The lowest BCUT2D eigenvalue weighted by molar-refractivity contribution is 0.0859. The molecule has 0 spiro atoms. The van der Waals surface area contributed by atoms with Crippen molar-refractivity contribution in [2.75, 3.05) is 44.7 Å². The second-order valence-corrected chi connectivity index (χ2v) is 5.60. The molecule has 0 atom stereocenters. The molecule has 0 unspecified atom stereocenters. The minimum absolute atomic E-state index is 0.614. The van der Waals surface area contributed by atoms with Crippen molar-refractivity contribution < 1.29 is 4.84 Å². The summed E-state index contributed by atoms with van der Waals surface area (Å²) in [6.45, 7) is 8.24. The molecular formula is C17H24N4O. The third kappa shape index (κ3) is 3.21. The number of pyridine rings is 1. The average molecular weight is 300 g/mol. The summed E-state index contributed by atoms with van der Waals surface area (Å²) in [5.41, 5.74) is 3.89. The number of hydrogen-bond acceptors (Lipinski definition) is 5. The first kappa shape index (κ1) is 15.2. The van der Waals surface area contributed by atoms with Gasteiger partial charge in [0.15, 0.2) is 0 Å². The Morgan fingerprint density at radius 3 is 2.68 bits per heavy atom. The maximum atomic E-state index is 4.96. The fourth-order valence-corrected chi connectivity index (χ4v) is 2.99. The van der Waals surface area contributed by atoms with E-state index in [4.69, 9.17) is 9.82 Å². The van der Waals surface area contributed by atoms with Crippen molar-refractivity contribution in [3.63, 3.8) is 0 Å². The second-order valence-electron chi connectivity index (χ2n) is 5.60. The number of piperazine rings is 1. The van der Waals surface area contributed by atoms with Gasteiger partial charge in [0.05, 0.1) is 19.3 Å². The van der Waals surface area contributed by atoms with Crippen molar-refractivity contribution in [3.05, 3.63) is 36.0 Å². The summed E-state index contributed by atoms with van der Waals surface area (Å²) in [5, 5.41) is 2.46. The summed E-state index contributed by atoms with van der Waals surface area (Å²) in [6, 6.07) is 10.6. The van der Waals surface area contributed by atoms with Gasteiger partial charge in [0, 0.05) is 31.6 Å². The van der Waals surface area contributed by atoms with Gasteiger partial charge < -0.3 is 14.6 Å². The lowest BCUT2D eigenvalue weighted by Gasteiger charge is -2.35. The number of nitrogens with one attached hydrogen (secondary N) is 1. The van der Waals surface area contributed by atoms with Gasteiger partial charge in [-0.15, -0.1) is 0 Å². The summed E-state index contributed by atoms with van der Waals surface area (Å²) < 4.78 is 0. The first-order valence-corrected chi connectivity index (χ1v) is 7.93. The van der Waals surface area contributed by atoms with Gasteiger partial charge in [0.1, 0.15) is 5.82 Å². The Bertz CT molecular complexity index is 623. The fraction of sp³-hybridized carbons (Fsp3) is 0.471. The zero-order chi connectivity index (χ0) is 15.4. The zero-order valence-electron chi connectivity index (χ0n) is 13.4. The first-order valence-electron chi connectivity index (χ1n) is 7.93. The van der Waals surface area contributed by atoms with E-state index in [1.807, 2.05) is 0 Å². The molecule has 1 aromatic carbocycles. The molecule has 5 heteroatoms. The molecule has 1 aliphatic rings. The van der Waals surface area contributed by atoms with Crippen molar-refractivity contribution in [1.82, 2.24) is 15.4 Å². The molecule has 5 nitrogen and oxygen atoms in total.